The van der Waals surface area contributed by atoms with E-state index in [1.165, 1.54) is 0 Å². The molecule has 7 heteroatoms. The van der Waals surface area contributed by atoms with Crippen molar-refractivity contribution in [3.8, 4) is 5.75 Å². The second-order valence-electron chi connectivity index (χ2n) is 2.40. The van der Waals surface area contributed by atoms with Gasteiger partial charge in [-0.25, -0.2) is 13.8 Å². The topological polar surface area (TPSA) is 76.2 Å². The summed E-state index contributed by atoms with van der Waals surface area (Å²) in [6.45, 7) is 0. The highest BCUT2D eigenvalue weighted by molar-refractivity contribution is 6.67. The van der Waals surface area contributed by atoms with Crippen molar-refractivity contribution in [2.24, 2.45) is 0 Å². The Bertz CT molecular complexity index is 384. The Balaban J connectivity index is 3.35. The maximum Gasteiger partial charge on any atom is 0.284 e. The van der Waals surface area contributed by atoms with E-state index in [1.807, 2.05) is 0 Å². The van der Waals surface area contributed by atoms with Gasteiger partial charge in [-0.3, -0.25) is 4.79 Å². The van der Waals surface area contributed by atoms with Gasteiger partial charge < -0.3 is 10.8 Å². The van der Waals surface area contributed by atoms with Crippen molar-refractivity contribution in [3.05, 3.63) is 17.5 Å². The molecule has 14 heavy (non-hydrogen) atoms. The lowest BCUT2D eigenvalue weighted by atomic mass is 10.2. The molecule has 0 saturated heterocycles. The molecule has 0 aromatic carbocycles. The molecular formula is C7H5ClF2N2O2. The molecule has 1 rings (SSSR count). The van der Waals surface area contributed by atoms with Crippen LogP contribution < -0.4 is 5.73 Å². The van der Waals surface area contributed by atoms with Gasteiger partial charge in [-0.2, -0.15) is 0 Å². The number of aromatic nitrogens is 1. The third-order valence-corrected chi connectivity index (χ3v) is 1.65. The predicted molar refractivity (Wildman–Crippen MR) is 45.5 cm³/mol. The van der Waals surface area contributed by atoms with Gasteiger partial charge in [0.25, 0.3) is 11.7 Å². The van der Waals surface area contributed by atoms with E-state index in [1.54, 1.807) is 0 Å². The standard InChI is InChI=1S/C7H5ClF2N2O2/c8-6(14)3-1-2(11)5(13)4(12-3)7(9)10/h1,7,13H,(H2,11,12). The zero-order valence-electron chi connectivity index (χ0n) is 6.67. The monoisotopic (exact) mass is 222 g/mol. The first-order valence-electron chi connectivity index (χ1n) is 3.41. The fourth-order valence-corrected chi connectivity index (χ4v) is 0.928. The highest BCUT2D eigenvalue weighted by Crippen LogP contribution is 2.31. The number of carbonyl (C=O) groups is 1. The molecule has 0 saturated carbocycles. The van der Waals surface area contributed by atoms with E-state index in [2.05, 4.69) is 4.98 Å². The molecule has 0 atom stereocenters. The Labute approximate surface area is 82.3 Å². The second kappa shape index (κ2) is 3.75. The number of aromatic hydroxyl groups is 1. The van der Waals surface area contributed by atoms with Crippen molar-refractivity contribution in [2.45, 2.75) is 6.43 Å². The summed E-state index contributed by atoms with van der Waals surface area (Å²) in [6, 6.07) is 0.927. The van der Waals surface area contributed by atoms with Gasteiger partial charge in [0.15, 0.2) is 11.4 Å². The first kappa shape index (κ1) is 10.6. The Morgan fingerprint density at radius 3 is 2.64 bits per heavy atom. The Morgan fingerprint density at radius 2 is 2.21 bits per heavy atom. The van der Waals surface area contributed by atoms with Crippen LogP contribution in [0.5, 0.6) is 5.75 Å². The number of nitrogens with zero attached hydrogens (tertiary/aromatic N) is 1. The first-order valence-corrected chi connectivity index (χ1v) is 3.78. The molecule has 0 fully saturated rings. The van der Waals surface area contributed by atoms with Gasteiger partial charge >= 0.3 is 0 Å². The smallest absolute Gasteiger partial charge is 0.284 e. The molecule has 0 aliphatic carbocycles. The van der Waals surface area contributed by atoms with Crippen molar-refractivity contribution in [3.63, 3.8) is 0 Å². The molecule has 4 nitrogen and oxygen atoms in total. The molecule has 0 unspecified atom stereocenters. The van der Waals surface area contributed by atoms with Crippen molar-refractivity contribution in [2.75, 3.05) is 5.73 Å². The van der Waals surface area contributed by atoms with E-state index < -0.39 is 28.8 Å². The summed E-state index contributed by atoms with van der Waals surface area (Å²) in [6.07, 6.45) is -3.02. The Hall–Kier alpha value is -1.43. The minimum atomic E-state index is -3.02. The molecule has 3 N–H and O–H groups in total. The highest BCUT2D eigenvalue weighted by Gasteiger charge is 2.20. The van der Waals surface area contributed by atoms with Crippen LogP contribution in [0.2, 0.25) is 0 Å². The average Bonchev–Trinajstić information content (AvgIpc) is 2.08. The van der Waals surface area contributed by atoms with Crippen LogP contribution in [-0.2, 0) is 0 Å². The number of nitrogen functional groups attached to an aromatic ring is 1. The van der Waals surface area contributed by atoms with E-state index in [9.17, 15) is 13.6 Å². The van der Waals surface area contributed by atoms with Gasteiger partial charge in [-0.15, -0.1) is 0 Å². The number of nitrogens with two attached hydrogens (primary N) is 1. The van der Waals surface area contributed by atoms with Gasteiger partial charge in [0.05, 0.1) is 5.69 Å². The minimum absolute atomic E-state index is 0.362. The van der Waals surface area contributed by atoms with Gasteiger partial charge in [0.1, 0.15) is 5.69 Å². The predicted octanol–water partition coefficient (Wildman–Crippen LogP) is 1.69. The van der Waals surface area contributed by atoms with Crippen LogP contribution in [0.3, 0.4) is 0 Å². The molecule has 0 amide bonds. The number of pyridine rings is 1. The molecule has 0 aliphatic heterocycles. The fraction of sp³-hybridized carbons (Fsp3) is 0.143. The molecule has 1 aromatic heterocycles. The maximum atomic E-state index is 12.2. The molecule has 1 heterocycles. The lowest BCUT2D eigenvalue weighted by Gasteiger charge is -2.06. The number of halogens is 3. The summed E-state index contributed by atoms with van der Waals surface area (Å²) in [5, 5.41) is 8.04. The summed E-state index contributed by atoms with van der Waals surface area (Å²) in [5.74, 6) is -0.832. The summed E-state index contributed by atoms with van der Waals surface area (Å²) in [5.41, 5.74) is 3.43. The lowest BCUT2D eigenvalue weighted by Crippen LogP contribution is -2.02. The summed E-state index contributed by atoms with van der Waals surface area (Å²) >= 11 is 5.02. The zero-order chi connectivity index (χ0) is 10.9. The van der Waals surface area contributed by atoms with E-state index in [0.717, 1.165) is 6.07 Å². The number of anilines is 1. The third-order valence-electron chi connectivity index (χ3n) is 1.46. The van der Waals surface area contributed by atoms with Crippen LogP contribution in [0, 0.1) is 0 Å². The summed E-state index contributed by atoms with van der Waals surface area (Å²) in [4.78, 5) is 13.8. The number of hydrogen-bond donors (Lipinski definition) is 2. The molecule has 0 aliphatic rings. The normalized spacial score (nSPS) is 10.6. The van der Waals surface area contributed by atoms with E-state index in [0.29, 0.717) is 0 Å². The minimum Gasteiger partial charge on any atom is -0.504 e. The molecule has 0 bridgehead atoms. The van der Waals surface area contributed by atoms with Gasteiger partial charge in [0, 0.05) is 0 Å². The highest BCUT2D eigenvalue weighted by atomic mass is 35.5. The number of carbonyl (C=O) groups excluding carboxylic acids is 1. The quantitative estimate of drug-likeness (QED) is 0.747. The second-order valence-corrected chi connectivity index (χ2v) is 2.75. The Kier molecular flexibility index (Phi) is 2.85. The van der Waals surface area contributed by atoms with Crippen molar-refractivity contribution in [1.29, 1.82) is 0 Å². The number of alkyl halides is 2. The maximum absolute atomic E-state index is 12.2. The van der Waals surface area contributed by atoms with Crippen LogP contribution in [-0.4, -0.2) is 15.3 Å². The number of hydrogen-bond acceptors (Lipinski definition) is 4. The van der Waals surface area contributed by atoms with E-state index >= 15 is 0 Å². The Morgan fingerprint density at radius 1 is 1.64 bits per heavy atom. The first-order chi connectivity index (χ1) is 6.43. The van der Waals surface area contributed by atoms with Gasteiger partial charge in [-0.1, -0.05) is 0 Å². The molecular weight excluding hydrogens is 218 g/mol. The molecule has 76 valence electrons. The molecule has 0 spiro atoms. The molecule has 1 aromatic rings. The lowest BCUT2D eigenvalue weighted by molar-refractivity contribution is 0.107. The largest absolute Gasteiger partial charge is 0.504 e. The number of rotatable bonds is 2. The van der Waals surface area contributed by atoms with Crippen LogP contribution >= 0.6 is 11.6 Å². The van der Waals surface area contributed by atoms with Gasteiger partial charge in [-0.05, 0) is 17.7 Å². The van der Waals surface area contributed by atoms with E-state index in [4.69, 9.17) is 22.4 Å². The van der Waals surface area contributed by atoms with Crippen LogP contribution in [0.4, 0.5) is 14.5 Å². The van der Waals surface area contributed by atoms with Crippen molar-refractivity contribution < 1.29 is 18.7 Å². The summed E-state index contributed by atoms with van der Waals surface area (Å²) < 4.78 is 24.4. The average molecular weight is 223 g/mol. The van der Waals surface area contributed by atoms with Crippen molar-refractivity contribution in [1.82, 2.24) is 4.98 Å². The fourth-order valence-electron chi connectivity index (χ4n) is 0.831. The van der Waals surface area contributed by atoms with Crippen molar-refractivity contribution >= 4 is 22.5 Å². The van der Waals surface area contributed by atoms with Crippen LogP contribution in [0.15, 0.2) is 6.07 Å². The zero-order valence-corrected chi connectivity index (χ0v) is 7.42. The van der Waals surface area contributed by atoms with Crippen LogP contribution in [0.25, 0.3) is 0 Å². The van der Waals surface area contributed by atoms with E-state index in [-0.39, 0.29) is 5.69 Å². The molecule has 0 radical (unpaired) electrons. The SMILES string of the molecule is Nc1cc(C(=O)Cl)nc(C(F)F)c1O. The van der Waals surface area contributed by atoms with Gasteiger partial charge in [0.2, 0.25) is 0 Å². The summed E-state index contributed by atoms with van der Waals surface area (Å²) in [7, 11) is 0. The third kappa shape index (κ3) is 1.90. The van der Waals surface area contributed by atoms with Crippen LogP contribution in [0.1, 0.15) is 22.6 Å².